The molecule has 0 aliphatic heterocycles. The summed E-state index contributed by atoms with van der Waals surface area (Å²) < 4.78 is 12.5. The minimum absolute atomic E-state index is 0.211. The molecule has 4 rings (SSSR count). The third kappa shape index (κ3) is 3.40. The van der Waals surface area contributed by atoms with Crippen LogP contribution in [0.3, 0.4) is 0 Å². The lowest BCUT2D eigenvalue weighted by Crippen LogP contribution is -2.12. The van der Waals surface area contributed by atoms with Crippen molar-refractivity contribution in [3.8, 4) is 17.2 Å². The molecule has 0 radical (unpaired) electrons. The second kappa shape index (κ2) is 7.44. The number of benzene rings is 3. The number of nitrogens with zero attached hydrogens (tertiary/aromatic N) is 2. The molecule has 3 aromatic carbocycles. The van der Waals surface area contributed by atoms with Crippen LogP contribution in [-0.4, -0.2) is 29.7 Å². The molecule has 6 nitrogen and oxygen atoms in total. The number of ether oxygens (including phenoxy) is 2. The largest absolute Gasteiger partial charge is 0.497 e. The maximum Gasteiger partial charge on any atom is 0.255 e. The molecule has 0 bridgehead atoms. The maximum atomic E-state index is 12.6. The average molecular weight is 373 g/mol. The van der Waals surface area contributed by atoms with E-state index in [-0.39, 0.29) is 5.91 Å². The first kappa shape index (κ1) is 17.6. The van der Waals surface area contributed by atoms with Crippen molar-refractivity contribution in [1.29, 1.82) is 0 Å². The number of aromatic nitrogens is 2. The fourth-order valence-corrected chi connectivity index (χ4v) is 3.02. The zero-order valence-electron chi connectivity index (χ0n) is 15.5. The lowest BCUT2D eigenvalue weighted by molar-refractivity contribution is 0.102. The minimum atomic E-state index is -0.211. The molecule has 1 amide bonds. The summed E-state index contributed by atoms with van der Waals surface area (Å²) in [4.78, 5) is 17.0. The van der Waals surface area contributed by atoms with Crippen LogP contribution < -0.4 is 14.8 Å². The summed E-state index contributed by atoms with van der Waals surface area (Å²) in [5.41, 5.74) is 4.04. The van der Waals surface area contributed by atoms with Crippen LogP contribution in [-0.2, 0) is 0 Å². The molecule has 0 aliphatic rings. The summed E-state index contributed by atoms with van der Waals surface area (Å²) in [5.74, 6) is 1.01. The van der Waals surface area contributed by atoms with Crippen molar-refractivity contribution in [3.05, 3.63) is 78.6 Å². The zero-order valence-corrected chi connectivity index (χ0v) is 15.5. The smallest absolute Gasteiger partial charge is 0.255 e. The van der Waals surface area contributed by atoms with E-state index >= 15 is 0 Å². The topological polar surface area (TPSA) is 65.4 Å². The van der Waals surface area contributed by atoms with Gasteiger partial charge in [0.1, 0.15) is 17.8 Å². The Kier molecular flexibility index (Phi) is 4.68. The number of para-hydroxylation sites is 2. The Balaban J connectivity index is 1.56. The third-order valence-electron chi connectivity index (χ3n) is 4.47. The van der Waals surface area contributed by atoms with Crippen molar-refractivity contribution >= 4 is 22.6 Å². The molecule has 140 valence electrons. The lowest BCUT2D eigenvalue weighted by atomic mass is 10.1. The van der Waals surface area contributed by atoms with E-state index in [0.717, 1.165) is 16.7 Å². The molecule has 0 spiro atoms. The highest BCUT2D eigenvalue weighted by atomic mass is 16.5. The van der Waals surface area contributed by atoms with Gasteiger partial charge in [-0.25, -0.2) is 4.98 Å². The Morgan fingerprint density at radius 1 is 0.929 bits per heavy atom. The molecule has 28 heavy (non-hydrogen) atoms. The van der Waals surface area contributed by atoms with E-state index in [1.165, 1.54) is 0 Å². The Labute approximate surface area is 162 Å². The summed E-state index contributed by atoms with van der Waals surface area (Å²) >= 11 is 0. The number of hydrogen-bond donors (Lipinski definition) is 1. The van der Waals surface area contributed by atoms with Crippen molar-refractivity contribution < 1.29 is 14.3 Å². The predicted molar refractivity (Wildman–Crippen MR) is 109 cm³/mol. The number of carbonyl (C=O) groups is 1. The van der Waals surface area contributed by atoms with Crippen LogP contribution >= 0.6 is 0 Å². The summed E-state index contributed by atoms with van der Waals surface area (Å²) in [6.45, 7) is 0. The number of methoxy groups -OCH3 is 2. The highest BCUT2D eigenvalue weighted by Gasteiger charge is 2.10. The van der Waals surface area contributed by atoms with Crippen LogP contribution in [0.1, 0.15) is 10.4 Å². The van der Waals surface area contributed by atoms with Gasteiger partial charge in [0.15, 0.2) is 0 Å². The Morgan fingerprint density at radius 2 is 1.61 bits per heavy atom. The maximum absolute atomic E-state index is 12.6. The standard InChI is InChI=1S/C22H19N3O3/c1-27-18-11-16(12-19(13-18)28-2)24-22(26)15-7-9-17(10-8-15)25-14-23-20-5-3-4-6-21(20)25/h3-14H,1-2H3,(H,24,26). The van der Waals surface area contributed by atoms with E-state index in [1.54, 1.807) is 50.9 Å². The summed E-state index contributed by atoms with van der Waals surface area (Å²) in [6, 6.07) is 20.5. The van der Waals surface area contributed by atoms with Crippen molar-refractivity contribution in [1.82, 2.24) is 9.55 Å². The van der Waals surface area contributed by atoms with Crippen molar-refractivity contribution in [2.75, 3.05) is 19.5 Å². The molecule has 1 N–H and O–H groups in total. The van der Waals surface area contributed by atoms with Gasteiger partial charge in [-0.05, 0) is 36.4 Å². The van der Waals surface area contributed by atoms with Crippen LogP contribution in [0.5, 0.6) is 11.5 Å². The normalized spacial score (nSPS) is 10.6. The van der Waals surface area contributed by atoms with E-state index in [2.05, 4.69) is 10.3 Å². The molecule has 0 saturated heterocycles. The molecular formula is C22H19N3O3. The number of rotatable bonds is 5. The summed E-state index contributed by atoms with van der Waals surface area (Å²) in [5, 5.41) is 2.87. The van der Waals surface area contributed by atoms with Gasteiger partial charge in [0.05, 0.1) is 25.3 Å². The number of hydrogen-bond acceptors (Lipinski definition) is 4. The first-order chi connectivity index (χ1) is 13.7. The fourth-order valence-electron chi connectivity index (χ4n) is 3.02. The van der Waals surface area contributed by atoms with Crippen LogP contribution in [0.2, 0.25) is 0 Å². The molecule has 0 saturated carbocycles. The van der Waals surface area contributed by atoms with Crippen LogP contribution in [0.4, 0.5) is 5.69 Å². The van der Waals surface area contributed by atoms with E-state index in [0.29, 0.717) is 22.7 Å². The molecule has 1 aromatic heterocycles. The third-order valence-corrected chi connectivity index (χ3v) is 4.47. The fraction of sp³-hybridized carbons (Fsp3) is 0.0909. The molecule has 4 aromatic rings. The molecule has 0 unspecified atom stereocenters. The Hall–Kier alpha value is -3.80. The van der Waals surface area contributed by atoms with Gasteiger partial charge < -0.3 is 14.8 Å². The monoisotopic (exact) mass is 373 g/mol. The minimum Gasteiger partial charge on any atom is -0.497 e. The van der Waals surface area contributed by atoms with Crippen molar-refractivity contribution in [2.24, 2.45) is 0 Å². The first-order valence-corrected chi connectivity index (χ1v) is 8.75. The highest BCUT2D eigenvalue weighted by Crippen LogP contribution is 2.26. The van der Waals surface area contributed by atoms with Gasteiger partial charge in [-0.3, -0.25) is 9.36 Å². The number of anilines is 1. The van der Waals surface area contributed by atoms with Gasteiger partial charge in [0, 0.05) is 35.1 Å². The van der Waals surface area contributed by atoms with Gasteiger partial charge in [-0.1, -0.05) is 12.1 Å². The second-order valence-corrected chi connectivity index (χ2v) is 6.21. The number of nitrogens with one attached hydrogen (secondary N) is 1. The first-order valence-electron chi connectivity index (χ1n) is 8.75. The van der Waals surface area contributed by atoms with Crippen LogP contribution in [0.25, 0.3) is 16.7 Å². The summed E-state index contributed by atoms with van der Waals surface area (Å²) in [7, 11) is 3.14. The molecule has 1 heterocycles. The molecule has 0 fully saturated rings. The molecular weight excluding hydrogens is 354 g/mol. The van der Waals surface area contributed by atoms with E-state index < -0.39 is 0 Å². The summed E-state index contributed by atoms with van der Waals surface area (Å²) in [6.07, 6.45) is 1.78. The predicted octanol–water partition coefficient (Wildman–Crippen LogP) is 4.30. The van der Waals surface area contributed by atoms with Gasteiger partial charge >= 0.3 is 0 Å². The highest BCUT2D eigenvalue weighted by molar-refractivity contribution is 6.04. The quantitative estimate of drug-likeness (QED) is 0.567. The van der Waals surface area contributed by atoms with Gasteiger partial charge in [0.25, 0.3) is 5.91 Å². The lowest BCUT2D eigenvalue weighted by Gasteiger charge is -2.10. The SMILES string of the molecule is COc1cc(NC(=O)c2ccc(-n3cnc4ccccc43)cc2)cc(OC)c1. The average Bonchev–Trinajstić information content (AvgIpc) is 3.17. The number of fused-ring (bicyclic) bond motifs is 1. The van der Waals surface area contributed by atoms with Gasteiger partial charge in [-0.2, -0.15) is 0 Å². The number of carbonyl (C=O) groups excluding carboxylic acids is 1. The van der Waals surface area contributed by atoms with Crippen molar-refractivity contribution in [2.45, 2.75) is 0 Å². The van der Waals surface area contributed by atoms with E-state index in [1.807, 2.05) is 41.0 Å². The molecule has 6 heteroatoms. The van der Waals surface area contributed by atoms with Crippen molar-refractivity contribution in [3.63, 3.8) is 0 Å². The Morgan fingerprint density at radius 3 is 2.29 bits per heavy atom. The van der Waals surface area contributed by atoms with E-state index in [4.69, 9.17) is 9.47 Å². The molecule has 0 atom stereocenters. The van der Waals surface area contributed by atoms with E-state index in [9.17, 15) is 4.79 Å². The number of imidazole rings is 1. The van der Waals surface area contributed by atoms with Gasteiger partial charge in [-0.15, -0.1) is 0 Å². The van der Waals surface area contributed by atoms with Crippen LogP contribution in [0, 0.1) is 0 Å². The number of amides is 1. The van der Waals surface area contributed by atoms with Gasteiger partial charge in [0.2, 0.25) is 0 Å². The molecule has 0 aliphatic carbocycles. The second-order valence-electron chi connectivity index (χ2n) is 6.21. The Bertz CT molecular complexity index is 1110. The van der Waals surface area contributed by atoms with Crippen LogP contribution in [0.15, 0.2) is 73.1 Å². The zero-order chi connectivity index (χ0) is 19.5.